The highest BCUT2D eigenvalue weighted by Gasteiger charge is 2.29. The van der Waals surface area contributed by atoms with Crippen LogP contribution in [0.4, 0.5) is 0 Å². The topological polar surface area (TPSA) is 62.5 Å². The largest absolute Gasteiger partial charge is 0.472 e. The summed E-state index contributed by atoms with van der Waals surface area (Å²) >= 11 is 1.85. The molecule has 1 aliphatic heterocycles. The summed E-state index contributed by atoms with van der Waals surface area (Å²) in [4.78, 5) is 12.3. The molecule has 4 nitrogen and oxygen atoms in total. The molecule has 1 aromatic carbocycles. The molecule has 1 saturated heterocycles. The molecule has 1 amide bonds. The third-order valence-corrected chi connectivity index (χ3v) is 4.97. The summed E-state index contributed by atoms with van der Waals surface area (Å²) in [6.45, 7) is 0.308. The van der Waals surface area contributed by atoms with Gasteiger partial charge >= 0.3 is 0 Å². The number of thioether (sulfide) groups is 1. The minimum atomic E-state index is -0.761. The monoisotopic (exact) mass is 317 g/mol. The number of rotatable bonds is 4. The van der Waals surface area contributed by atoms with E-state index >= 15 is 0 Å². The predicted octanol–water partition coefficient (Wildman–Crippen LogP) is 2.93. The zero-order valence-corrected chi connectivity index (χ0v) is 13.1. The molecule has 1 aliphatic rings. The van der Waals surface area contributed by atoms with Gasteiger partial charge in [0.1, 0.15) is 0 Å². The maximum atomic E-state index is 12.3. The lowest BCUT2D eigenvalue weighted by atomic mass is 9.96. The fourth-order valence-electron chi connectivity index (χ4n) is 2.54. The van der Waals surface area contributed by atoms with Crippen molar-refractivity contribution in [3.63, 3.8) is 0 Å². The molecule has 0 radical (unpaired) electrons. The molecule has 0 saturated carbocycles. The number of carbonyl (C=O) groups is 1. The van der Waals surface area contributed by atoms with Gasteiger partial charge in [-0.05, 0) is 48.1 Å². The zero-order valence-electron chi connectivity index (χ0n) is 12.2. The normalized spacial score (nSPS) is 17.1. The smallest absolute Gasteiger partial charge is 0.251 e. The second-order valence-electron chi connectivity index (χ2n) is 5.61. The Hall–Kier alpha value is -1.72. The van der Waals surface area contributed by atoms with Crippen molar-refractivity contribution in [1.29, 1.82) is 0 Å². The molecule has 0 spiro atoms. The Bertz CT molecular complexity index is 633. The molecule has 1 fully saturated rings. The Balaban J connectivity index is 1.66. The van der Waals surface area contributed by atoms with E-state index in [1.54, 1.807) is 18.6 Å². The summed E-state index contributed by atoms with van der Waals surface area (Å²) in [6.07, 6.45) is 4.72. The number of hydrogen-bond acceptors (Lipinski definition) is 4. The summed E-state index contributed by atoms with van der Waals surface area (Å²) in [7, 11) is 0. The van der Waals surface area contributed by atoms with E-state index in [1.807, 2.05) is 36.0 Å². The van der Waals surface area contributed by atoms with E-state index in [0.29, 0.717) is 12.1 Å². The third kappa shape index (κ3) is 3.54. The van der Waals surface area contributed by atoms with Crippen molar-refractivity contribution in [2.75, 3.05) is 18.1 Å². The molecule has 0 aliphatic carbocycles. The molecule has 1 aromatic heterocycles. The number of furan rings is 1. The zero-order chi connectivity index (χ0) is 15.4. The number of aliphatic hydroxyl groups is 1. The van der Waals surface area contributed by atoms with E-state index in [-0.39, 0.29) is 5.91 Å². The van der Waals surface area contributed by atoms with Crippen LogP contribution in [0, 0.1) is 0 Å². The Morgan fingerprint density at radius 1 is 1.27 bits per heavy atom. The van der Waals surface area contributed by atoms with Crippen LogP contribution in [0.2, 0.25) is 0 Å². The first-order valence-corrected chi connectivity index (χ1v) is 8.53. The quantitative estimate of drug-likeness (QED) is 0.910. The van der Waals surface area contributed by atoms with E-state index in [4.69, 9.17) is 4.42 Å². The molecule has 0 unspecified atom stereocenters. The standard InChI is InChI=1S/C17H19NO3S/c19-16(18-12-17(20)5-8-22-9-6-17)14-3-1-2-13(10-14)15-4-7-21-11-15/h1-4,7,10-11,20H,5-6,8-9,12H2,(H,18,19). The maximum Gasteiger partial charge on any atom is 0.251 e. The number of benzene rings is 1. The van der Waals surface area contributed by atoms with E-state index in [0.717, 1.165) is 35.5 Å². The van der Waals surface area contributed by atoms with E-state index in [9.17, 15) is 9.90 Å². The molecule has 22 heavy (non-hydrogen) atoms. The van der Waals surface area contributed by atoms with Gasteiger partial charge in [-0.1, -0.05) is 12.1 Å². The molecule has 2 heterocycles. The molecule has 0 bridgehead atoms. The van der Waals surface area contributed by atoms with Crippen molar-refractivity contribution in [3.8, 4) is 11.1 Å². The van der Waals surface area contributed by atoms with E-state index in [2.05, 4.69) is 5.32 Å². The molecule has 2 N–H and O–H groups in total. The second kappa shape index (κ2) is 6.58. The van der Waals surface area contributed by atoms with Gasteiger partial charge in [-0.25, -0.2) is 0 Å². The summed E-state index contributed by atoms with van der Waals surface area (Å²) in [5.41, 5.74) is 1.71. The van der Waals surface area contributed by atoms with Crippen molar-refractivity contribution < 1.29 is 14.3 Å². The van der Waals surface area contributed by atoms with Crippen LogP contribution in [0.25, 0.3) is 11.1 Å². The Morgan fingerprint density at radius 2 is 2.09 bits per heavy atom. The molecule has 3 rings (SSSR count). The SMILES string of the molecule is O=C(NCC1(O)CCSCC1)c1cccc(-c2ccoc2)c1. The van der Waals surface area contributed by atoms with Gasteiger partial charge in [-0.15, -0.1) is 0 Å². The third-order valence-electron chi connectivity index (χ3n) is 3.98. The first kappa shape index (κ1) is 15.2. The van der Waals surface area contributed by atoms with Crippen LogP contribution in [0.15, 0.2) is 47.3 Å². The van der Waals surface area contributed by atoms with Crippen molar-refractivity contribution in [1.82, 2.24) is 5.32 Å². The second-order valence-corrected chi connectivity index (χ2v) is 6.84. The van der Waals surface area contributed by atoms with Gasteiger partial charge in [0, 0.05) is 17.7 Å². The maximum absolute atomic E-state index is 12.3. The lowest BCUT2D eigenvalue weighted by Crippen LogP contribution is -2.45. The van der Waals surface area contributed by atoms with Gasteiger partial charge in [-0.2, -0.15) is 11.8 Å². The molecule has 0 atom stereocenters. The van der Waals surface area contributed by atoms with Gasteiger partial charge in [0.2, 0.25) is 0 Å². The number of hydrogen-bond donors (Lipinski definition) is 2. The summed E-state index contributed by atoms with van der Waals surface area (Å²) in [5, 5.41) is 13.3. The van der Waals surface area contributed by atoms with Crippen LogP contribution in [0.3, 0.4) is 0 Å². The minimum absolute atomic E-state index is 0.156. The van der Waals surface area contributed by atoms with Crippen molar-refractivity contribution in [3.05, 3.63) is 48.4 Å². The molecular weight excluding hydrogens is 298 g/mol. The van der Waals surface area contributed by atoms with Gasteiger partial charge < -0.3 is 14.8 Å². The van der Waals surface area contributed by atoms with Gasteiger partial charge in [0.15, 0.2) is 0 Å². The highest BCUT2D eigenvalue weighted by Crippen LogP contribution is 2.26. The van der Waals surface area contributed by atoms with Gasteiger partial charge in [0.05, 0.1) is 18.1 Å². The Kier molecular flexibility index (Phi) is 4.55. The minimum Gasteiger partial charge on any atom is -0.472 e. The van der Waals surface area contributed by atoms with Gasteiger partial charge in [0.25, 0.3) is 5.91 Å². The first-order valence-electron chi connectivity index (χ1n) is 7.37. The number of carbonyl (C=O) groups excluding carboxylic acids is 1. The average molecular weight is 317 g/mol. The van der Waals surface area contributed by atoms with Crippen molar-refractivity contribution in [2.24, 2.45) is 0 Å². The van der Waals surface area contributed by atoms with Crippen molar-refractivity contribution in [2.45, 2.75) is 18.4 Å². The van der Waals surface area contributed by atoms with Gasteiger partial charge in [-0.3, -0.25) is 4.79 Å². The van der Waals surface area contributed by atoms with Crippen molar-refractivity contribution >= 4 is 17.7 Å². The van der Waals surface area contributed by atoms with Crippen LogP contribution >= 0.6 is 11.8 Å². The molecular formula is C17H19NO3S. The van der Waals surface area contributed by atoms with Crippen LogP contribution < -0.4 is 5.32 Å². The van der Waals surface area contributed by atoms with Crippen LogP contribution in [0.5, 0.6) is 0 Å². The highest BCUT2D eigenvalue weighted by atomic mass is 32.2. The highest BCUT2D eigenvalue weighted by molar-refractivity contribution is 7.99. The van der Waals surface area contributed by atoms with Crippen LogP contribution in [-0.4, -0.2) is 34.7 Å². The fourth-order valence-corrected chi connectivity index (χ4v) is 3.80. The fraction of sp³-hybridized carbons (Fsp3) is 0.353. The Morgan fingerprint density at radius 3 is 2.82 bits per heavy atom. The lowest BCUT2D eigenvalue weighted by molar-refractivity contribution is 0.0311. The first-order chi connectivity index (χ1) is 10.7. The molecule has 2 aromatic rings. The van der Waals surface area contributed by atoms with E-state index in [1.165, 1.54) is 0 Å². The van der Waals surface area contributed by atoms with Crippen LogP contribution in [0.1, 0.15) is 23.2 Å². The average Bonchev–Trinajstić information content (AvgIpc) is 3.08. The lowest BCUT2D eigenvalue weighted by Gasteiger charge is -2.31. The van der Waals surface area contributed by atoms with E-state index < -0.39 is 5.60 Å². The summed E-state index contributed by atoms with van der Waals surface area (Å²) in [6, 6.07) is 9.26. The predicted molar refractivity (Wildman–Crippen MR) is 88.0 cm³/mol. The Labute approximate surface area is 133 Å². The molecule has 116 valence electrons. The van der Waals surface area contributed by atoms with Crippen LogP contribution in [-0.2, 0) is 0 Å². The molecule has 5 heteroatoms. The number of nitrogens with one attached hydrogen (secondary N) is 1. The summed E-state index contributed by atoms with van der Waals surface area (Å²) in [5.74, 6) is 1.74. The summed E-state index contributed by atoms with van der Waals surface area (Å²) < 4.78 is 5.07. The number of amides is 1.